The lowest BCUT2D eigenvalue weighted by Gasteiger charge is -2.12. The van der Waals surface area contributed by atoms with E-state index in [1.165, 1.54) is 11.3 Å². The molecule has 0 unspecified atom stereocenters. The molecular weight excluding hydrogens is 392 g/mol. The van der Waals surface area contributed by atoms with E-state index in [9.17, 15) is 9.59 Å². The fourth-order valence-electron chi connectivity index (χ4n) is 1.75. The first kappa shape index (κ1) is 18.5. The molecule has 24 heavy (non-hydrogen) atoms. The largest absolute Gasteiger partial charge is 0.352 e. The zero-order valence-corrected chi connectivity index (χ0v) is 16.1. The standard InChI is InChI=1S/C16H19BrN4O2S/c1-16(2,3)14-20-21-15(24-14)19-12(22)8-9-18-13(23)10-4-6-11(17)7-5-10/h4-7H,8-9H2,1-3H3,(H,18,23)(H,19,21,22). The minimum atomic E-state index is -0.207. The van der Waals surface area contributed by atoms with Gasteiger partial charge in [-0.15, -0.1) is 10.2 Å². The lowest BCUT2D eigenvalue weighted by Crippen LogP contribution is -2.27. The van der Waals surface area contributed by atoms with Gasteiger partial charge in [-0.05, 0) is 24.3 Å². The monoisotopic (exact) mass is 410 g/mol. The molecule has 2 aromatic rings. The van der Waals surface area contributed by atoms with Crippen LogP contribution in [0.4, 0.5) is 5.13 Å². The summed E-state index contributed by atoms with van der Waals surface area (Å²) < 4.78 is 0.908. The van der Waals surface area contributed by atoms with Crippen LogP contribution in [0.5, 0.6) is 0 Å². The molecule has 0 atom stereocenters. The molecular formula is C16H19BrN4O2S. The third-order valence-corrected chi connectivity index (χ3v) is 4.85. The first-order valence-electron chi connectivity index (χ1n) is 7.43. The van der Waals surface area contributed by atoms with E-state index in [-0.39, 0.29) is 30.2 Å². The quantitative estimate of drug-likeness (QED) is 0.791. The van der Waals surface area contributed by atoms with Crippen LogP contribution in [-0.4, -0.2) is 28.6 Å². The molecule has 2 amide bonds. The predicted molar refractivity (Wildman–Crippen MR) is 98.3 cm³/mol. The number of aromatic nitrogens is 2. The van der Waals surface area contributed by atoms with Crippen molar-refractivity contribution >= 4 is 44.2 Å². The van der Waals surface area contributed by atoms with Crippen molar-refractivity contribution in [1.29, 1.82) is 0 Å². The number of carbonyl (C=O) groups excluding carboxylic acids is 2. The Labute approximate surface area is 153 Å². The van der Waals surface area contributed by atoms with E-state index >= 15 is 0 Å². The molecule has 0 fully saturated rings. The van der Waals surface area contributed by atoms with Gasteiger partial charge in [0.1, 0.15) is 5.01 Å². The highest BCUT2D eigenvalue weighted by Crippen LogP contribution is 2.27. The molecule has 6 nitrogen and oxygen atoms in total. The van der Waals surface area contributed by atoms with Crippen molar-refractivity contribution in [2.75, 3.05) is 11.9 Å². The van der Waals surface area contributed by atoms with Crippen molar-refractivity contribution in [3.8, 4) is 0 Å². The molecule has 1 heterocycles. The predicted octanol–water partition coefficient (Wildman–Crippen LogP) is 3.36. The van der Waals surface area contributed by atoms with Crippen molar-refractivity contribution in [3.63, 3.8) is 0 Å². The number of anilines is 1. The normalized spacial score (nSPS) is 11.2. The van der Waals surface area contributed by atoms with E-state index in [1.807, 2.05) is 20.8 Å². The Kier molecular flexibility index (Phi) is 6.06. The molecule has 0 aliphatic rings. The molecule has 2 N–H and O–H groups in total. The molecule has 0 radical (unpaired) electrons. The second-order valence-electron chi connectivity index (χ2n) is 6.22. The molecule has 0 saturated heterocycles. The van der Waals surface area contributed by atoms with Crippen LogP contribution in [0.15, 0.2) is 28.7 Å². The first-order chi connectivity index (χ1) is 11.3. The Bertz CT molecular complexity index is 722. The number of nitrogens with one attached hydrogen (secondary N) is 2. The van der Waals surface area contributed by atoms with Gasteiger partial charge in [-0.2, -0.15) is 0 Å². The van der Waals surface area contributed by atoms with E-state index in [4.69, 9.17) is 0 Å². The van der Waals surface area contributed by atoms with Gasteiger partial charge in [-0.25, -0.2) is 0 Å². The van der Waals surface area contributed by atoms with E-state index in [1.54, 1.807) is 24.3 Å². The average Bonchev–Trinajstić information content (AvgIpc) is 2.96. The van der Waals surface area contributed by atoms with Crippen LogP contribution in [0, 0.1) is 0 Å². The Balaban J connectivity index is 1.78. The van der Waals surface area contributed by atoms with Crippen molar-refractivity contribution in [2.24, 2.45) is 0 Å². The fourth-order valence-corrected chi connectivity index (χ4v) is 2.83. The van der Waals surface area contributed by atoms with Crippen LogP contribution in [0.3, 0.4) is 0 Å². The summed E-state index contributed by atoms with van der Waals surface area (Å²) in [6.07, 6.45) is 0.173. The van der Waals surface area contributed by atoms with E-state index < -0.39 is 0 Å². The number of hydrogen-bond acceptors (Lipinski definition) is 5. The van der Waals surface area contributed by atoms with Crippen molar-refractivity contribution in [2.45, 2.75) is 32.6 Å². The average molecular weight is 411 g/mol. The summed E-state index contributed by atoms with van der Waals surface area (Å²) in [6.45, 7) is 6.37. The minimum absolute atomic E-state index is 0.0979. The number of benzene rings is 1. The van der Waals surface area contributed by atoms with E-state index in [2.05, 4.69) is 36.8 Å². The highest BCUT2D eigenvalue weighted by molar-refractivity contribution is 9.10. The van der Waals surface area contributed by atoms with Crippen LogP contribution >= 0.6 is 27.3 Å². The third-order valence-electron chi connectivity index (χ3n) is 3.06. The van der Waals surface area contributed by atoms with Crippen LogP contribution in [0.25, 0.3) is 0 Å². The molecule has 0 bridgehead atoms. The SMILES string of the molecule is CC(C)(C)c1nnc(NC(=O)CCNC(=O)c2ccc(Br)cc2)s1. The fraction of sp³-hybridized carbons (Fsp3) is 0.375. The molecule has 0 saturated carbocycles. The number of halogens is 1. The van der Waals surface area contributed by atoms with E-state index in [0.717, 1.165) is 9.48 Å². The summed E-state index contributed by atoms with van der Waals surface area (Å²) in [6, 6.07) is 7.03. The Hall–Kier alpha value is -1.80. The van der Waals surface area contributed by atoms with Crippen LogP contribution in [-0.2, 0) is 10.2 Å². The van der Waals surface area contributed by atoms with Gasteiger partial charge in [0.05, 0.1) is 0 Å². The Morgan fingerprint density at radius 3 is 2.42 bits per heavy atom. The number of carbonyl (C=O) groups is 2. The summed E-state index contributed by atoms with van der Waals surface area (Å²) in [5, 5.41) is 14.8. The second-order valence-corrected chi connectivity index (χ2v) is 8.12. The van der Waals surface area contributed by atoms with Crippen molar-refractivity contribution < 1.29 is 9.59 Å². The van der Waals surface area contributed by atoms with Crippen molar-refractivity contribution in [1.82, 2.24) is 15.5 Å². The molecule has 0 aliphatic heterocycles. The summed E-state index contributed by atoms with van der Waals surface area (Å²) in [5.74, 6) is -0.413. The zero-order chi connectivity index (χ0) is 17.7. The molecule has 0 aliphatic carbocycles. The Morgan fingerprint density at radius 1 is 1.17 bits per heavy atom. The molecule has 0 spiro atoms. The maximum atomic E-state index is 11.9. The van der Waals surface area contributed by atoms with Crippen LogP contribution < -0.4 is 10.6 Å². The molecule has 1 aromatic heterocycles. The summed E-state index contributed by atoms with van der Waals surface area (Å²) >= 11 is 4.68. The van der Waals surface area contributed by atoms with Gasteiger partial charge < -0.3 is 10.6 Å². The maximum Gasteiger partial charge on any atom is 0.251 e. The highest BCUT2D eigenvalue weighted by Gasteiger charge is 2.20. The number of rotatable bonds is 5. The zero-order valence-electron chi connectivity index (χ0n) is 13.7. The summed E-state index contributed by atoms with van der Waals surface area (Å²) in [5.41, 5.74) is 0.455. The van der Waals surface area contributed by atoms with Gasteiger partial charge in [0.2, 0.25) is 11.0 Å². The molecule has 128 valence electrons. The van der Waals surface area contributed by atoms with Crippen LogP contribution in [0.2, 0.25) is 0 Å². The first-order valence-corrected chi connectivity index (χ1v) is 9.04. The van der Waals surface area contributed by atoms with Gasteiger partial charge in [-0.1, -0.05) is 48.0 Å². The Morgan fingerprint density at radius 2 is 1.83 bits per heavy atom. The maximum absolute atomic E-state index is 11.9. The van der Waals surface area contributed by atoms with Gasteiger partial charge in [-0.3, -0.25) is 9.59 Å². The molecule has 8 heteroatoms. The lowest BCUT2D eigenvalue weighted by molar-refractivity contribution is -0.116. The molecule has 1 aromatic carbocycles. The highest BCUT2D eigenvalue weighted by atomic mass is 79.9. The second kappa shape index (κ2) is 7.85. The lowest BCUT2D eigenvalue weighted by atomic mass is 9.98. The van der Waals surface area contributed by atoms with Gasteiger partial charge in [0.25, 0.3) is 5.91 Å². The van der Waals surface area contributed by atoms with Gasteiger partial charge in [0, 0.05) is 28.4 Å². The number of hydrogen-bond donors (Lipinski definition) is 2. The minimum Gasteiger partial charge on any atom is -0.352 e. The summed E-state index contributed by atoms with van der Waals surface area (Å²) in [4.78, 5) is 23.8. The smallest absolute Gasteiger partial charge is 0.251 e. The van der Waals surface area contributed by atoms with Crippen LogP contribution in [0.1, 0.15) is 42.6 Å². The van der Waals surface area contributed by atoms with Crippen molar-refractivity contribution in [3.05, 3.63) is 39.3 Å². The van der Waals surface area contributed by atoms with Gasteiger partial charge >= 0.3 is 0 Å². The number of nitrogens with zero attached hydrogens (tertiary/aromatic N) is 2. The number of amides is 2. The third kappa shape index (κ3) is 5.38. The van der Waals surface area contributed by atoms with Gasteiger partial charge in [0.15, 0.2) is 0 Å². The molecule has 2 rings (SSSR count). The van der Waals surface area contributed by atoms with E-state index in [0.29, 0.717) is 10.7 Å². The summed E-state index contributed by atoms with van der Waals surface area (Å²) in [7, 11) is 0. The topological polar surface area (TPSA) is 84.0 Å².